The molecule has 1 atom stereocenters. The van der Waals surface area contributed by atoms with Crippen LogP contribution in [0.5, 0.6) is 0 Å². The molecule has 6 nitrogen and oxygen atoms in total. The first-order valence-corrected chi connectivity index (χ1v) is 4.54. The van der Waals surface area contributed by atoms with Gasteiger partial charge in [-0.25, -0.2) is 14.8 Å². The minimum Gasteiger partial charge on any atom is -0.467 e. The second-order valence-corrected chi connectivity index (χ2v) is 3.19. The second-order valence-electron chi connectivity index (χ2n) is 2.81. The number of nitrogens with two attached hydrogens (primary N) is 1. The molecule has 0 aromatic carbocycles. The molecule has 0 aliphatic heterocycles. The number of anilines is 2. The van der Waals surface area contributed by atoms with Crippen molar-refractivity contribution in [1.29, 1.82) is 0 Å². The Balaban J connectivity index is 2.81. The summed E-state index contributed by atoms with van der Waals surface area (Å²) in [5.41, 5.74) is 5.47. The van der Waals surface area contributed by atoms with Crippen molar-refractivity contribution in [2.45, 2.75) is 13.0 Å². The van der Waals surface area contributed by atoms with Crippen LogP contribution in [-0.4, -0.2) is 29.1 Å². The SMILES string of the molecule is COC(=O)C(C)Nc1ncnc(N)c1Cl. The molecule has 0 radical (unpaired) electrons. The molecule has 1 heterocycles. The Morgan fingerprint density at radius 1 is 1.67 bits per heavy atom. The molecular weight excluding hydrogens is 220 g/mol. The van der Waals surface area contributed by atoms with E-state index in [2.05, 4.69) is 20.0 Å². The van der Waals surface area contributed by atoms with Gasteiger partial charge in [-0.05, 0) is 6.92 Å². The lowest BCUT2D eigenvalue weighted by Gasteiger charge is -2.13. The summed E-state index contributed by atoms with van der Waals surface area (Å²) in [5, 5.41) is 2.95. The van der Waals surface area contributed by atoms with E-state index in [9.17, 15) is 4.79 Å². The minimum atomic E-state index is -0.554. The van der Waals surface area contributed by atoms with Gasteiger partial charge in [-0.1, -0.05) is 11.6 Å². The molecule has 1 aromatic rings. The number of rotatable bonds is 3. The van der Waals surface area contributed by atoms with Crippen molar-refractivity contribution in [3.05, 3.63) is 11.3 Å². The van der Waals surface area contributed by atoms with Crippen LogP contribution in [0.4, 0.5) is 11.6 Å². The number of carbonyl (C=O) groups excluding carboxylic acids is 1. The predicted octanol–water partition coefficient (Wildman–Crippen LogP) is 0.686. The van der Waals surface area contributed by atoms with E-state index in [4.69, 9.17) is 17.3 Å². The number of nitrogens with zero attached hydrogens (tertiary/aromatic N) is 2. The molecule has 15 heavy (non-hydrogen) atoms. The summed E-state index contributed by atoms with van der Waals surface area (Å²) in [7, 11) is 1.30. The van der Waals surface area contributed by atoms with Crippen LogP contribution >= 0.6 is 11.6 Å². The summed E-state index contributed by atoms with van der Waals surface area (Å²) in [5.74, 6) is 0.0524. The minimum absolute atomic E-state index is 0.159. The van der Waals surface area contributed by atoms with Gasteiger partial charge >= 0.3 is 5.97 Å². The number of ether oxygens (including phenoxy) is 1. The zero-order chi connectivity index (χ0) is 11.4. The lowest BCUT2D eigenvalue weighted by atomic mass is 10.3. The fourth-order valence-corrected chi connectivity index (χ4v) is 1.08. The van der Waals surface area contributed by atoms with E-state index >= 15 is 0 Å². The van der Waals surface area contributed by atoms with E-state index in [-0.39, 0.29) is 10.8 Å². The van der Waals surface area contributed by atoms with E-state index in [1.165, 1.54) is 13.4 Å². The molecule has 0 fully saturated rings. The van der Waals surface area contributed by atoms with Gasteiger partial charge in [0.15, 0.2) is 5.82 Å². The third-order valence-electron chi connectivity index (χ3n) is 1.72. The average Bonchev–Trinajstić information content (AvgIpc) is 2.23. The maximum atomic E-state index is 11.1. The van der Waals surface area contributed by atoms with Crippen LogP contribution in [0.3, 0.4) is 0 Å². The number of esters is 1. The van der Waals surface area contributed by atoms with Gasteiger partial charge in [-0.3, -0.25) is 0 Å². The van der Waals surface area contributed by atoms with Crippen LogP contribution in [0, 0.1) is 0 Å². The molecule has 0 bridgehead atoms. The smallest absolute Gasteiger partial charge is 0.328 e. The Morgan fingerprint density at radius 2 is 2.33 bits per heavy atom. The number of hydrogen-bond donors (Lipinski definition) is 2. The average molecular weight is 231 g/mol. The Labute approximate surface area is 91.8 Å². The van der Waals surface area contributed by atoms with E-state index < -0.39 is 12.0 Å². The first kappa shape index (κ1) is 11.5. The second kappa shape index (κ2) is 4.79. The van der Waals surface area contributed by atoms with Gasteiger partial charge in [0.05, 0.1) is 7.11 Å². The maximum absolute atomic E-state index is 11.1. The molecule has 1 rings (SSSR count). The predicted molar refractivity (Wildman–Crippen MR) is 56.6 cm³/mol. The summed E-state index contributed by atoms with van der Waals surface area (Å²) in [6.45, 7) is 1.63. The van der Waals surface area contributed by atoms with Gasteiger partial charge in [0, 0.05) is 0 Å². The summed E-state index contributed by atoms with van der Waals surface area (Å²) in [6, 6.07) is -0.554. The number of hydrogen-bond acceptors (Lipinski definition) is 6. The van der Waals surface area contributed by atoms with Crippen LogP contribution in [0.15, 0.2) is 6.33 Å². The fraction of sp³-hybridized carbons (Fsp3) is 0.375. The highest BCUT2D eigenvalue weighted by molar-refractivity contribution is 6.35. The van der Waals surface area contributed by atoms with Crippen molar-refractivity contribution in [2.75, 3.05) is 18.2 Å². The third-order valence-corrected chi connectivity index (χ3v) is 2.10. The van der Waals surface area contributed by atoms with Crippen molar-refractivity contribution in [1.82, 2.24) is 9.97 Å². The van der Waals surface area contributed by atoms with Crippen LogP contribution in [0.2, 0.25) is 5.02 Å². The Hall–Kier alpha value is -1.56. The Morgan fingerprint density at radius 3 is 2.93 bits per heavy atom. The van der Waals surface area contributed by atoms with Crippen molar-refractivity contribution in [3.63, 3.8) is 0 Å². The number of methoxy groups -OCH3 is 1. The van der Waals surface area contributed by atoms with Crippen LogP contribution in [0.1, 0.15) is 6.92 Å². The first-order chi connectivity index (χ1) is 7.06. The molecule has 0 saturated carbocycles. The van der Waals surface area contributed by atoms with Gasteiger partial charge in [-0.2, -0.15) is 0 Å². The zero-order valence-electron chi connectivity index (χ0n) is 8.32. The number of aromatic nitrogens is 2. The van der Waals surface area contributed by atoms with Crippen LogP contribution in [0.25, 0.3) is 0 Å². The lowest BCUT2D eigenvalue weighted by molar-refractivity contribution is -0.141. The van der Waals surface area contributed by atoms with Crippen molar-refractivity contribution >= 4 is 29.2 Å². The molecule has 7 heteroatoms. The van der Waals surface area contributed by atoms with Crippen molar-refractivity contribution < 1.29 is 9.53 Å². The van der Waals surface area contributed by atoms with Crippen molar-refractivity contribution in [3.8, 4) is 0 Å². The molecule has 0 amide bonds. The molecule has 1 unspecified atom stereocenters. The largest absolute Gasteiger partial charge is 0.467 e. The van der Waals surface area contributed by atoms with E-state index in [0.717, 1.165) is 0 Å². The highest BCUT2D eigenvalue weighted by atomic mass is 35.5. The number of nitrogens with one attached hydrogen (secondary N) is 1. The summed E-state index contributed by atoms with van der Waals surface area (Å²) >= 11 is 5.82. The van der Waals surface area contributed by atoms with E-state index in [1.807, 2.05) is 0 Å². The highest BCUT2D eigenvalue weighted by Crippen LogP contribution is 2.23. The monoisotopic (exact) mass is 230 g/mol. The summed E-state index contributed by atoms with van der Waals surface area (Å²) < 4.78 is 4.54. The molecular formula is C8H11ClN4O2. The topological polar surface area (TPSA) is 90.1 Å². The van der Waals surface area contributed by atoms with Crippen LogP contribution in [-0.2, 0) is 9.53 Å². The van der Waals surface area contributed by atoms with Gasteiger partial charge in [-0.15, -0.1) is 0 Å². The Kier molecular flexibility index (Phi) is 3.68. The van der Waals surface area contributed by atoms with Crippen molar-refractivity contribution in [2.24, 2.45) is 0 Å². The molecule has 3 N–H and O–H groups in total. The number of nitrogen functional groups attached to an aromatic ring is 1. The molecule has 0 aliphatic carbocycles. The normalized spacial score (nSPS) is 11.9. The molecule has 0 spiro atoms. The number of carbonyl (C=O) groups is 1. The van der Waals surface area contributed by atoms with Gasteiger partial charge in [0.25, 0.3) is 0 Å². The molecule has 0 aliphatic rings. The van der Waals surface area contributed by atoms with Gasteiger partial charge in [0.1, 0.15) is 23.2 Å². The maximum Gasteiger partial charge on any atom is 0.328 e. The highest BCUT2D eigenvalue weighted by Gasteiger charge is 2.15. The van der Waals surface area contributed by atoms with E-state index in [1.54, 1.807) is 6.92 Å². The summed E-state index contributed by atoms with van der Waals surface area (Å²) in [6.07, 6.45) is 1.26. The molecule has 0 saturated heterocycles. The summed E-state index contributed by atoms with van der Waals surface area (Å²) in [4.78, 5) is 18.7. The lowest BCUT2D eigenvalue weighted by Crippen LogP contribution is -2.27. The molecule has 82 valence electrons. The Bertz CT molecular complexity index is 372. The van der Waals surface area contributed by atoms with Gasteiger partial charge < -0.3 is 15.8 Å². The first-order valence-electron chi connectivity index (χ1n) is 4.16. The fourth-order valence-electron chi connectivity index (χ4n) is 0.925. The van der Waals surface area contributed by atoms with Gasteiger partial charge in [0.2, 0.25) is 0 Å². The molecule has 1 aromatic heterocycles. The van der Waals surface area contributed by atoms with Crippen LogP contribution < -0.4 is 11.1 Å². The third kappa shape index (κ3) is 2.69. The quantitative estimate of drug-likeness (QED) is 0.743. The van der Waals surface area contributed by atoms with E-state index in [0.29, 0.717) is 5.82 Å². The standard InChI is InChI=1S/C8H11ClN4O2/c1-4(8(14)15-2)13-7-5(9)6(10)11-3-12-7/h3-4H,1-2H3,(H3,10,11,12,13). The number of halogens is 1. The zero-order valence-corrected chi connectivity index (χ0v) is 9.08.